The van der Waals surface area contributed by atoms with Gasteiger partial charge >= 0.3 is 0 Å². The van der Waals surface area contributed by atoms with E-state index in [0.29, 0.717) is 12.3 Å². The van der Waals surface area contributed by atoms with Crippen molar-refractivity contribution in [1.82, 2.24) is 5.32 Å². The Morgan fingerprint density at radius 3 is 2.16 bits per heavy atom. The molecule has 0 atom stereocenters. The molecule has 5 nitrogen and oxygen atoms in total. The van der Waals surface area contributed by atoms with Crippen LogP contribution in [0.2, 0.25) is 0 Å². The van der Waals surface area contributed by atoms with Gasteiger partial charge in [-0.25, -0.2) is 12.8 Å². The second-order valence-corrected chi connectivity index (χ2v) is 10.3. The number of halogens is 1. The molecule has 0 bridgehead atoms. The van der Waals surface area contributed by atoms with Crippen molar-refractivity contribution in [1.29, 1.82) is 0 Å². The second kappa shape index (κ2) is 10.7. The molecular weight excluding hydrogens is 447 g/mol. The van der Waals surface area contributed by atoms with Gasteiger partial charge < -0.3 is 5.32 Å². The minimum absolute atomic E-state index is 0.00548. The van der Waals surface area contributed by atoms with Crippen LogP contribution < -0.4 is 9.62 Å². The molecule has 0 spiro atoms. The molecule has 0 aromatic heterocycles. The summed E-state index contributed by atoms with van der Waals surface area (Å²) in [6.07, 6.45) is 0. The van der Waals surface area contributed by atoms with Crippen LogP contribution in [0.1, 0.15) is 11.1 Å². The molecule has 8 heteroatoms. The van der Waals surface area contributed by atoms with Crippen LogP contribution in [-0.2, 0) is 14.8 Å². The summed E-state index contributed by atoms with van der Waals surface area (Å²) in [4.78, 5) is 13.7. The van der Waals surface area contributed by atoms with Gasteiger partial charge in [-0.1, -0.05) is 47.5 Å². The number of sulfonamides is 1. The van der Waals surface area contributed by atoms with Crippen molar-refractivity contribution in [3.05, 3.63) is 89.7 Å². The van der Waals surface area contributed by atoms with Crippen LogP contribution >= 0.6 is 11.8 Å². The molecule has 3 rings (SSSR count). The molecular formula is C24H25FN2O3S2. The molecule has 3 aromatic rings. The third-order valence-corrected chi connectivity index (χ3v) is 7.52. The number of nitrogens with one attached hydrogen (secondary N) is 1. The van der Waals surface area contributed by atoms with E-state index < -0.39 is 28.3 Å². The van der Waals surface area contributed by atoms with Crippen LogP contribution in [0.4, 0.5) is 10.1 Å². The fourth-order valence-corrected chi connectivity index (χ4v) is 5.17. The average molecular weight is 473 g/mol. The molecule has 0 heterocycles. The minimum atomic E-state index is -4.14. The predicted molar refractivity (Wildman–Crippen MR) is 127 cm³/mol. The highest BCUT2D eigenvalue weighted by atomic mass is 32.2. The molecule has 3 aromatic carbocycles. The number of nitrogens with zero attached hydrogens (tertiary/aromatic N) is 1. The number of para-hydroxylation sites is 1. The number of aryl methyl sites for hydroxylation is 2. The van der Waals surface area contributed by atoms with Gasteiger partial charge in [-0.3, -0.25) is 9.10 Å². The summed E-state index contributed by atoms with van der Waals surface area (Å²) in [5.74, 6) is -0.599. The summed E-state index contributed by atoms with van der Waals surface area (Å²) >= 11 is 1.59. The van der Waals surface area contributed by atoms with Gasteiger partial charge in [0.1, 0.15) is 12.4 Å². The highest BCUT2D eigenvalue weighted by molar-refractivity contribution is 7.99. The molecule has 0 saturated carbocycles. The zero-order chi connectivity index (χ0) is 23.1. The van der Waals surface area contributed by atoms with Crippen molar-refractivity contribution in [2.45, 2.75) is 23.6 Å². The third-order valence-electron chi connectivity index (χ3n) is 4.73. The Bertz CT molecular complexity index is 1160. The molecule has 1 amide bonds. The van der Waals surface area contributed by atoms with E-state index in [2.05, 4.69) is 5.32 Å². The predicted octanol–water partition coefficient (Wildman–Crippen LogP) is 4.55. The number of anilines is 1. The number of hydrogen-bond donors (Lipinski definition) is 1. The Morgan fingerprint density at radius 1 is 0.938 bits per heavy atom. The second-order valence-electron chi connectivity index (χ2n) is 7.29. The molecule has 0 fully saturated rings. The maximum atomic E-state index is 14.5. The fraction of sp³-hybridized carbons (Fsp3) is 0.208. The molecule has 0 unspecified atom stereocenters. The average Bonchev–Trinajstić information content (AvgIpc) is 2.77. The first kappa shape index (κ1) is 23.8. The smallest absolute Gasteiger partial charge is 0.264 e. The van der Waals surface area contributed by atoms with Gasteiger partial charge in [-0.2, -0.15) is 0 Å². The third kappa shape index (κ3) is 6.11. The van der Waals surface area contributed by atoms with Crippen LogP contribution in [-0.4, -0.2) is 33.2 Å². The molecule has 32 heavy (non-hydrogen) atoms. The van der Waals surface area contributed by atoms with E-state index >= 15 is 0 Å². The number of thioether (sulfide) groups is 1. The van der Waals surface area contributed by atoms with E-state index in [1.54, 1.807) is 23.9 Å². The molecule has 0 radical (unpaired) electrons. The van der Waals surface area contributed by atoms with Gasteiger partial charge in [0.2, 0.25) is 5.91 Å². The largest absolute Gasteiger partial charge is 0.354 e. The molecule has 0 aliphatic heterocycles. The number of amides is 1. The van der Waals surface area contributed by atoms with Crippen molar-refractivity contribution >= 4 is 33.4 Å². The van der Waals surface area contributed by atoms with Crippen molar-refractivity contribution in [2.24, 2.45) is 0 Å². The maximum Gasteiger partial charge on any atom is 0.264 e. The van der Waals surface area contributed by atoms with Crippen LogP contribution in [0.15, 0.2) is 82.6 Å². The van der Waals surface area contributed by atoms with Crippen LogP contribution in [0, 0.1) is 19.7 Å². The normalized spacial score (nSPS) is 11.2. The van der Waals surface area contributed by atoms with E-state index in [1.165, 1.54) is 42.0 Å². The van der Waals surface area contributed by atoms with E-state index in [1.807, 2.05) is 38.1 Å². The lowest BCUT2D eigenvalue weighted by Crippen LogP contribution is -2.41. The van der Waals surface area contributed by atoms with Crippen molar-refractivity contribution in [3.63, 3.8) is 0 Å². The Hall–Kier alpha value is -2.84. The number of benzene rings is 3. The Labute approximate surface area is 192 Å². The summed E-state index contributed by atoms with van der Waals surface area (Å²) in [6, 6.07) is 19.8. The summed E-state index contributed by atoms with van der Waals surface area (Å²) < 4.78 is 41.8. The van der Waals surface area contributed by atoms with Gasteiger partial charge in [0.25, 0.3) is 10.0 Å². The molecule has 0 saturated heterocycles. The summed E-state index contributed by atoms with van der Waals surface area (Å²) in [5.41, 5.74) is 1.90. The summed E-state index contributed by atoms with van der Waals surface area (Å²) in [7, 11) is -4.14. The maximum absolute atomic E-state index is 14.5. The lowest BCUT2D eigenvalue weighted by Gasteiger charge is -2.24. The van der Waals surface area contributed by atoms with E-state index in [9.17, 15) is 17.6 Å². The van der Waals surface area contributed by atoms with Crippen LogP contribution in [0.3, 0.4) is 0 Å². The molecule has 0 aliphatic rings. The van der Waals surface area contributed by atoms with E-state index in [-0.39, 0.29) is 10.6 Å². The van der Waals surface area contributed by atoms with E-state index in [4.69, 9.17) is 0 Å². The highest BCUT2D eigenvalue weighted by Gasteiger charge is 2.29. The fourth-order valence-electron chi connectivity index (χ4n) is 2.97. The molecule has 0 aliphatic carbocycles. The first-order valence-electron chi connectivity index (χ1n) is 10.1. The molecule has 1 N–H and O–H groups in total. The summed E-state index contributed by atoms with van der Waals surface area (Å²) in [5, 5.41) is 2.73. The summed E-state index contributed by atoms with van der Waals surface area (Å²) in [6.45, 7) is 3.69. The van der Waals surface area contributed by atoms with Crippen molar-refractivity contribution in [3.8, 4) is 0 Å². The first-order valence-corrected chi connectivity index (χ1v) is 12.5. The zero-order valence-electron chi connectivity index (χ0n) is 17.9. The van der Waals surface area contributed by atoms with Crippen molar-refractivity contribution < 1.29 is 17.6 Å². The topological polar surface area (TPSA) is 66.5 Å². The monoisotopic (exact) mass is 472 g/mol. The van der Waals surface area contributed by atoms with Gasteiger partial charge in [-0.15, -0.1) is 11.8 Å². The van der Waals surface area contributed by atoms with Crippen LogP contribution in [0.25, 0.3) is 0 Å². The van der Waals surface area contributed by atoms with Gasteiger partial charge in [-0.05, 0) is 50.2 Å². The molecule has 168 valence electrons. The Kier molecular flexibility index (Phi) is 7.93. The van der Waals surface area contributed by atoms with Gasteiger partial charge in [0.05, 0.1) is 10.6 Å². The van der Waals surface area contributed by atoms with Crippen molar-refractivity contribution in [2.75, 3.05) is 23.1 Å². The Balaban J connectivity index is 1.71. The Morgan fingerprint density at radius 2 is 1.53 bits per heavy atom. The van der Waals surface area contributed by atoms with Crippen LogP contribution in [0.5, 0.6) is 0 Å². The first-order chi connectivity index (χ1) is 15.3. The van der Waals surface area contributed by atoms with E-state index in [0.717, 1.165) is 14.8 Å². The number of carbonyl (C=O) groups is 1. The van der Waals surface area contributed by atoms with Gasteiger partial charge in [0.15, 0.2) is 0 Å². The lowest BCUT2D eigenvalue weighted by molar-refractivity contribution is -0.119. The standard InChI is InChI=1S/C24H25FN2O3S2/c1-18-7-11-20(12-8-18)31-16-15-26-24(28)17-27(23-6-4-3-5-22(23)25)32(29,30)21-13-9-19(2)10-14-21/h3-14H,15-17H2,1-2H3,(H,26,28). The quantitative estimate of drug-likeness (QED) is 0.367. The van der Waals surface area contributed by atoms with Gasteiger partial charge in [0, 0.05) is 17.2 Å². The SMILES string of the molecule is Cc1ccc(SCCNC(=O)CN(c2ccccc2F)S(=O)(=O)c2ccc(C)cc2)cc1. The number of hydrogen-bond acceptors (Lipinski definition) is 4. The highest BCUT2D eigenvalue weighted by Crippen LogP contribution is 2.26. The minimum Gasteiger partial charge on any atom is -0.354 e. The number of rotatable bonds is 9. The zero-order valence-corrected chi connectivity index (χ0v) is 19.5. The lowest BCUT2D eigenvalue weighted by atomic mass is 10.2. The number of carbonyl (C=O) groups excluding carboxylic acids is 1.